The van der Waals surface area contributed by atoms with Crippen molar-refractivity contribution in [2.24, 2.45) is 0 Å². The molecule has 0 spiro atoms. The number of anilines is 2. The summed E-state index contributed by atoms with van der Waals surface area (Å²) in [5.41, 5.74) is 2.26. The fourth-order valence-corrected chi connectivity index (χ4v) is 2.29. The molecule has 0 bridgehead atoms. The summed E-state index contributed by atoms with van der Waals surface area (Å²) in [6, 6.07) is 22.6. The zero-order valence-electron chi connectivity index (χ0n) is 13.7. The minimum atomic E-state index is 0. The van der Waals surface area contributed by atoms with Crippen LogP contribution in [-0.2, 0) is 17.1 Å². The van der Waals surface area contributed by atoms with E-state index in [0.29, 0.717) is 0 Å². The van der Waals surface area contributed by atoms with E-state index >= 15 is 0 Å². The molecule has 2 nitrogen and oxygen atoms in total. The SMILES string of the molecule is [CH]1[CH][CH][C](Nc2ccccc2)[CH]1.[CH]1[CH][CH][C](Nc2ccccc2)[CH]1.[Fe+2]. The summed E-state index contributed by atoms with van der Waals surface area (Å²) in [7, 11) is 0. The number of benzene rings is 2. The number of nitrogens with one attached hydrogen (secondary N) is 2. The molecule has 0 heterocycles. The molecule has 2 aliphatic carbocycles. The second-order valence-corrected chi connectivity index (χ2v) is 5.33. The van der Waals surface area contributed by atoms with E-state index in [1.807, 2.05) is 112 Å². The van der Waals surface area contributed by atoms with Gasteiger partial charge in [0.15, 0.2) is 0 Å². The van der Waals surface area contributed by atoms with E-state index < -0.39 is 0 Å². The molecule has 2 aromatic rings. The summed E-state index contributed by atoms with van der Waals surface area (Å²) in [4.78, 5) is 0. The molecular formula is C22H20FeN2+2. The number of hydrogen-bond acceptors (Lipinski definition) is 2. The van der Waals surface area contributed by atoms with Crippen LogP contribution in [0.25, 0.3) is 0 Å². The maximum atomic E-state index is 3.28. The maximum Gasteiger partial charge on any atom is 2.00 e. The molecule has 3 heteroatoms. The summed E-state index contributed by atoms with van der Waals surface area (Å²) in [5, 5.41) is 6.57. The Bertz CT molecular complexity index is 508. The summed E-state index contributed by atoms with van der Waals surface area (Å²) in [6.07, 6.45) is 16.3. The molecule has 10 radical (unpaired) electrons. The van der Waals surface area contributed by atoms with Crippen LogP contribution in [0, 0.1) is 63.5 Å². The Morgan fingerprint density at radius 1 is 0.440 bits per heavy atom. The first-order valence-electron chi connectivity index (χ1n) is 7.98. The van der Waals surface area contributed by atoms with Gasteiger partial charge in [-0.25, -0.2) is 0 Å². The summed E-state index contributed by atoms with van der Waals surface area (Å²) < 4.78 is 0. The van der Waals surface area contributed by atoms with Gasteiger partial charge < -0.3 is 10.6 Å². The van der Waals surface area contributed by atoms with Gasteiger partial charge in [-0.2, -0.15) is 0 Å². The molecule has 0 saturated heterocycles. The minimum absolute atomic E-state index is 0. The monoisotopic (exact) mass is 368 g/mol. The molecule has 0 atom stereocenters. The first kappa shape index (κ1) is 19.9. The maximum absolute atomic E-state index is 3.28. The Hall–Kier alpha value is -1.44. The van der Waals surface area contributed by atoms with Crippen molar-refractivity contribution in [3.63, 3.8) is 0 Å². The van der Waals surface area contributed by atoms with E-state index in [2.05, 4.69) is 10.6 Å². The van der Waals surface area contributed by atoms with E-state index in [1.165, 1.54) is 0 Å². The molecule has 0 amide bonds. The van der Waals surface area contributed by atoms with Crippen LogP contribution in [0.2, 0.25) is 0 Å². The molecule has 2 N–H and O–H groups in total. The minimum Gasteiger partial charge on any atom is -0.377 e. The van der Waals surface area contributed by atoms with Crippen molar-refractivity contribution >= 4 is 11.4 Å². The summed E-state index contributed by atoms with van der Waals surface area (Å²) in [5.74, 6) is 0. The van der Waals surface area contributed by atoms with Gasteiger partial charge >= 0.3 is 17.1 Å². The van der Waals surface area contributed by atoms with E-state index in [9.17, 15) is 0 Å². The Morgan fingerprint density at radius 2 is 0.760 bits per heavy atom. The largest absolute Gasteiger partial charge is 2.00 e. The van der Waals surface area contributed by atoms with Crippen LogP contribution in [0.15, 0.2) is 60.7 Å². The molecule has 25 heavy (non-hydrogen) atoms. The van der Waals surface area contributed by atoms with Gasteiger partial charge in [-0.3, -0.25) is 0 Å². The predicted octanol–water partition coefficient (Wildman–Crippen LogP) is 4.92. The second-order valence-electron chi connectivity index (χ2n) is 5.33. The summed E-state index contributed by atoms with van der Waals surface area (Å²) in [6.45, 7) is 0. The zero-order chi connectivity index (χ0) is 16.5. The third kappa shape index (κ3) is 7.13. The quantitative estimate of drug-likeness (QED) is 0.749. The van der Waals surface area contributed by atoms with Crippen molar-refractivity contribution < 1.29 is 17.1 Å². The van der Waals surface area contributed by atoms with E-state index in [4.69, 9.17) is 0 Å². The normalized spacial score (nSPS) is 17.3. The fourth-order valence-electron chi connectivity index (χ4n) is 2.29. The molecule has 2 aliphatic rings. The van der Waals surface area contributed by atoms with E-state index in [0.717, 1.165) is 23.5 Å². The second kappa shape index (κ2) is 11.2. The molecule has 2 fully saturated rings. The zero-order valence-corrected chi connectivity index (χ0v) is 14.9. The Balaban J connectivity index is 0.000000173. The third-order valence-corrected chi connectivity index (χ3v) is 3.45. The molecule has 124 valence electrons. The Labute approximate surface area is 163 Å². The van der Waals surface area contributed by atoms with Crippen molar-refractivity contribution in [2.75, 3.05) is 10.6 Å². The van der Waals surface area contributed by atoms with Crippen molar-refractivity contribution in [1.29, 1.82) is 0 Å². The van der Waals surface area contributed by atoms with Crippen LogP contribution >= 0.6 is 0 Å². The van der Waals surface area contributed by atoms with E-state index in [-0.39, 0.29) is 17.1 Å². The van der Waals surface area contributed by atoms with Crippen molar-refractivity contribution in [3.05, 3.63) is 124 Å². The molecule has 0 aliphatic heterocycles. The molecule has 2 aromatic carbocycles. The van der Waals surface area contributed by atoms with Gasteiger partial charge in [0.05, 0.1) is 12.1 Å². The number of hydrogen-bond donors (Lipinski definition) is 2. The van der Waals surface area contributed by atoms with Gasteiger partial charge in [0, 0.05) is 11.4 Å². The van der Waals surface area contributed by atoms with Gasteiger partial charge in [-0.05, 0) is 75.6 Å². The van der Waals surface area contributed by atoms with Crippen LogP contribution < -0.4 is 10.6 Å². The van der Waals surface area contributed by atoms with Gasteiger partial charge in [-0.1, -0.05) is 36.4 Å². The van der Waals surface area contributed by atoms with Crippen LogP contribution in [0.3, 0.4) is 0 Å². The molecule has 2 saturated carbocycles. The smallest absolute Gasteiger partial charge is 0.377 e. The average Bonchev–Trinajstić information content (AvgIpc) is 3.32. The van der Waals surface area contributed by atoms with Crippen molar-refractivity contribution in [1.82, 2.24) is 0 Å². The Morgan fingerprint density at radius 3 is 1.08 bits per heavy atom. The number of para-hydroxylation sites is 2. The standard InChI is InChI=1S/2C11H10N.Fe/c2*1-2-6-10(7-3-1)12-11-8-4-5-9-11;/h2*1-9,12H;/q;;+2. The van der Waals surface area contributed by atoms with Crippen LogP contribution in [0.1, 0.15) is 0 Å². The van der Waals surface area contributed by atoms with Gasteiger partial charge in [0.25, 0.3) is 0 Å². The predicted molar refractivity (Wildman–Crippen MR) is 101 cm³/mol. The van der Waals surface area contributed by atoms with E-state index in [1.54, 1.807) is 0 Å². The first-order valence-corrected chi connectivity index (χ1v) is 7.98. The van der Waals surface area contributed by atoms with Crippen LogP contribution in [0.5, 0.6) is 0 Å². The third-order valence-electron chi connectivity index (χ3n) is 3.45. The van der Waals surface area contributed by atoms with Gasteiger partial charge in [-0.15, -0.1) is 0 Å². The fraction of sp³-hybridized carbons (Fsp3) is 0. The number of rotatable bonds is 4. The van der Waals surface area contributed by atoms with Gasteiger partial charge in [0.2, 0.25) is 0 Å². The topological polar surface area (TPSA) is 24.1 Å². The molecular weight excluding hydrogens is 348 g/mol. The average molecular weight is 368 g/mol. The molecule has 0 aromatic heterocycles. The van der Waals surface area contributed by atoms with Crippen LogP contribution in [0.4, 0.5) is 11.4 Å². The first-order chi connectivity index (χ1) is 11.9. The van der Waals surface area contributed by atoms with Crippen LogP contribution in [-0.4, -0.2) is 0 Å². The molecule has 0 unspecified atom stereocenters. The van der Waals surface area contributed by atoms with Crippen molar-refractivity contribution in [2.45, 2.75) is 0 Å². The summed E-state index contributed by atoms with van der Waals surface area (Å²) >= 11 is 0. The van der Waals surface area contributed by atoms with Gasteiger partial charge in [0.1, 0.15) is 0 Å². The van der Waals surface area contributed by atoms with Crippen molar-refractivity contribution in [3.8, 4) is 0 Å². The Kier molecular flexibility index (Phi) is 8.93. The molecule has 4 rings (SSSR count).